The Hall–Kier alpha value is -3.31. The lowest BCUT2D eigenvalue weighted by molar-refractivity contribution is -0.137. The number of aromatic nitrogens is 4. The molecule has 0 bridgehead atoms. The number of hydrogen-bond acceptors (Lipinski definition) is 6. The molecule has 2 heterocycles. The third-order valence-corrected chi connectivity index (χ3v) is 5.55. The summed E-state index contributed by atoms with van der Waals surface area (Å²) in [5.41, 5.74) is 0.0308. The normalized spacial score (nSPS) is 11.5. The molecule has 0 unspecified atom stereocenters. The Balaban J connectivity index is 1.72. The average Bonchev–Trinajstić information content (AvgIpc) is 3.37. The number of para-hydroxylation sites is 1. The molecule has 1 amide bonds. The number of hydrogen-bond donors (Lipinski definition) is 1. The second-order valence-electron chi connectivity index (χ2n) is 6.84. The highest BCUT2D eigenvalue weighted by molar-refractivity contribution is 7.99. The minimum absolute atomic E-state index is 0.102. The van der Waals surface area contributed by atoms with E-state index in [1.807, 2.05) is 0 Å². The largest absolute Gasteiger partial charge is 0.418 e. The summed E-state index contributed by atoms with van der Waals surface area (Å²) >= 11 is 7.01. The highest BCUT2D eigenvalue weighted by Crippen LogP contribution is 2.37. The molecule has 2 aromatic carbocycles. The highest BCUT2D eigenvalue weighted by Gasteiger charge is 2.35. The number of amides is 1. The van der Waals surface area contributed by atoms with Crippen molar-refractivity contribution < 1.29 is 22.5 Å². The van der Waals surface area contributed by atoms with Crippen LogP contribution in [0, 0.1) is 6.92 Å². The summed E-state index contributed by atoms with van der Waals surface area (Å²) in [6, 6.07) is 13.2. The molecular weight excluding hydrogens is 479 g/mol. The summed E-state index contributed by atoms with van der Waals surface area (Å²) in [5, 5.41) is 14.9. The molecule has 33 heavy (non-hydrogen) atoms. The maximum Gasteiger partial charge on any atom is 0.418 e. The fraction of sp³-hybridized carbons (Fsp3) is 0.143. The fourth-order valence-electron chi connectivity index (χ4n) is 3.03. The molecule has 0 radical (unpaired) electrons. The van der Waals surface area contributed by atoms with Crippen LogP contribution in [-0.4, -0.2) is 31.6 Å². The third kappa shape index (κ3) is 5.20. The monoisotopic (exact) mass is 493 g/mol. The zero-order valence-corrected chi connectivity index (χ0v) is 18.5. The van der Waals surface area contributed by atoms with E-state index in [2.05, 4.69) is 20.7 Å². The van der Waals surface area contributed by atoms with E-state index in [0.29, 0.717) is 16.3 Å². The van der Waals surface area contributed by atoms with E-state index in [4.69, 9.17) is 16.1 Å². The predicted octanol–water partition coefficient (Wildman–Crippen LogP) is 5.63. The molecule has 0 saturated heterocycles. The van der Waals surface area contributed by atoms with Crippen molar-refractivity contribution in [1.82, 2.24) is 19.9 Å². The van der Waals surface area contributed by atoms with Gasteiger partial charge in [-0.15, -0.1) is 10.2 Å². The second kappa shape index (κ2) is 9.28. The summed E-state index contributed by atoms with van der Waals surface area (Å²) in [6.45, 7) is 1.70. The molecule has 12 heteroatoms. The van der Waals surface area contributed by atoms with Gasteiger partial charge in [0.1, 0.15) is 0 Å². The van der Waals surface area contributed by atoms with Crippen LogP contribution in [0.4, 0.5) is 19.1 Å². The minimum Gasteiger partial charge on any atom is -0.338 e. The molecule has 4 aromatic rings. The smallest absolute Gasteiger partial charge is 0.338 e. The number of halogens is 4. The number of rotatable bonds is 6. The maximum atomic E-state index is 13.8. The number of carbonyl (C=O) groups excluding carboxylic acids is 1. The van der Waals surface area contributed by atoms with Crippen molar-refractivity contribution in [3.8, 4) is 17.1 Å². The van der Waals surface area contributed by atoms with Gasteiger partial charge in [0.25, 0.3) is 0 Å². The summed E-state index contributed by atoms with van der Waals surface area (Å²) in [5.74, 6) is -0.273. The highest BCUT2D eigenvalue weighted by atomic mass is 35.5. The Morgan fingerprint density at radius 2 is 1.94 bits per heavy atom. The van der Waals surface area contributed by atoms with Crippen LogP contribution in [0.3, 0.4) is 0 Å². The van der Waals surface area contributed by atoms with E-state index < -0.39 is 17.6 Å². The standard InChI is InChI=1S/C21H15ClF3N5O2S/c1-12-9-18(32-29-12)26-17(31)11-33-20-28-27-19(13-5-4-6-14(22)10-13)30(20)16-8-3-2-7-15(16)21(23,24)25/h2-10H,11H2,1H3,(H,26,31). The van der Waals surface area contributed by atoms with Crippen LogP contribution in [0.15, 0.2) is 64.3 Å². The first kappa shape index (κ1) is 22.9. The number of anilines is 1. The van der Waals surface area contributed by atoms with Gasteiger partial charge in [0.15, 0.2) is 11.0 Å². The SMILES string of the molecule is Cc1cc(NC(=O)CSc2nnc(-c3cccc(Cl)c3)n2-c2ccccc2C(F)(F)F)on1. The lowest BCUT2D eigenvalue weighted by Crippen LogP contribution is -2.15. The van der Waals surface area contributed by atoms with Crippen molar-refractivity contribution in [1.29, 1.82) is 0 Å². The van der Waals surface area contributed by atoms with E-state index >= 15 is 0 Å². The number of alkyl halides is 3. The molecule has 170 valence electrons. The van der Waals surface area contributed by atoms with E-state index in [0.717, 1.165) is 17.8 Å². The predicted molar refractivity (Wildman–Crippen MR) is 117 cm³/mol. The van der Waals surface area contributed by atoms with Gasteiger partial charge in [-0.05, 0) is 31.2 Å². The van der Waals surface area contributed by atoms with Crippen molar-refractivity contribution >= 4 is 35.2 Å². The molecule has 1 N–H and O–H groups in total. The Kier molecular flexibility index (Phi) is 6.43. The van der Waals surface area contributed by atoms with E-state index in [-0.39, 0.29) is 28.3 Å². The van der Waals surface area contributed by atoms with Crippen molar-refractivity contribution in [2.24, 2.45) is 0 Å². The number of aryl methyl sites for hydroxylation is 1. The molecule has 0 spiro atoms. The van der Waals surface area contributed by atoms with Gasteiger partial charge in [-0.2, -0.15) is 13.2 Å². The van der Waals surface area contributed by atoms with Gasteiger partial charge >= 0.3 is 6.18 Å². The van der Waals surface area contributed by atoms with E-state index in [1.165, 1.54) is 22.8 Å². The van der Waals surface area contributed by atoms with Crippen molar-refractivity contribution in [2.75, 3.05) is 11.1 Å². The van der Waals surface area contributed by atoms with Gasteiger partial charge in [-0.1, -0.05) is 52.8 Å². The van der Waals surface area contributed by atoms with Crippen LogP contribution in [0.2, 0.25) is 5.02 Å². The minimum atomic E-state index is -4.62. The zero-order valence-electron chi connectivity index (χ0n) is 16.9. The molecule has 0 aliphatic rings. The molecule has 7 nitrogen and oxygen atoms in total. The molecule has 0 aliphatic heterocycles. The second-order valence-corrected chi connectivity index (χ2v) is 8.22. The van der Waals surface area contributed by atoms with Crippen molar-refractivity contribution in [2.45, 2.75) is 18.3 Å². The van der Waals surface area contributed by atoms with Gasteiger partial charge in [0.05, 0.1) is 22.7 Å². The Labute approximate surface area is 194 Å². The number of thioether (sulfide) groups is 1. The third-order valence-electron chi connectivity index (χ3n) is 4.39. The van der Waals surface area contributed by atoms with Gasteiger partial charge in [0, 0.05) is 16.7 Å². The van der Waals surface area contributed by atoms with Crippen LogP contribution in [0.25, 0.3) is 17.1 Å². The fourth-order valence-corrected chi connectivity index (χ4v) is 3.96. The number of carbonyl (C=O) groups is 1. The van der Waals surface area contributed by atoms with Crippen LogP contribution in [-0.2, 0) is 11.0 Å². The Morgan fingerprint density at radius 3 is 2.64 bits per heavy atom. The molecule has 0 fully saturated rings. The average molecular weight is 494 g/mol. The summed E-state index contributed by atoms with van der Waals surface area (Å²) in [6.07, 6.45) is -4.62. The molecule has 0 saturated carbocycles. The quantitative estimate of drug-likeness (QED) is 0.350. The summed E-state index contributed by atoms with van der Waals surface area (Å²) < 4.78 is 47.5. The van der Waals surface area contributed by atoms with Crippen molar-refractivity contribution in [3.63, 3.8) is 0 Å². The maximum absolute atomic E-state index is 13.8. The van der Waals surface area contributed by atoms with Crippen molar-refractivity contribution in [3.05, 3.63) is 70.9 Å². The Morgan fingerprint density at radius 1 is 1.15 bits per heavy atom. The molecule has 0 aliphatic carbocycles. The van der Waals surface area contributed by atoms with Gasteiger partial charge in [-0.25, -0.2) is 0 Å². The molecule has 0 atom stereocenters. The summed E-state index contributed by atoms with van der Waals surface area (Å²) in [4.78, 5) is 12.3. The number of benzene rings is 2. The van der Waals surface area contributed by atoms with E-state index in [9.17, 15) is 18.0 Å². The first-order valence-corrected chi connectivity index (χ1v) is 10.8. The number of nitrogens with one attached hydrogen (secondary N) is 1. The van der Waals surface area contributed by atoms with Gasteiger partial charge in [-0.3, -0.25) is 14.7 Å². The first-order chi connectivity index (χ1) is 15.7. The van der Waals surface area contributed by atoms with Crippen LogP contribution in [0.5, 0.6) is 0 Å². The zero-order chi connectivity index (χ0) is 23.6. The lowest BCUT2D eigenvalue weighted by atomic mass is 10.1. The summed E-state index contributed by atoms with van der Waals surface area (Å²) in [7, 11) is 0. The molecule has 4 rings (SSSR count). The lowest BCUT2D eigenvalue weighted by Gasteiger charge is -2.16. The molecule has 2 aromatic heterocycles. The number of nitrogens with zero attached hydrogens (tertiary/aromatic N) is 4. The van der Waals surface area contributed by atoms with E-state index in [1.54, 1.807) is 37.3 Å². The van der Waals surface area contributed by atoms with Crippen LogP contribution < -0.4 is 5.32 Å². The van der Waals surface area contributed by atoms with Gasteiger partial charge < -0.3 is 4.52 Å². The Bertz CT molecular complexity index is 1310. The first-order valence-electron chi connectivity index (χ1n) is 9.46. The van der Waals surface area contributed by atoms with Crippen LogP contribution in [0.1, 0.15) is 11.3 Å². The van der Waals surface area contributed by atoms with Gasteiger partial charge in [0.2, 0.25) is 11.8 Å². The van der Waals surface area contributed by atoms with Crippen LogP contribution >= 0.6 is 23.4 Å². The topological polar surface area (TPSA) is 85.8 Å². The molecular formula is C21H15ClF3N5O2S.